The molecule has 2 saturated heterocycles. The maximum absolute atomic E-state index is 13.3. The smallest absolute Gasteiger partial charge is 0.227 e. The van der Waals surface area contributed by atoms with Crippen LogP contribution in [0.1, 0.15) is 57.4 Å². The average molecular weight is 442 g/mol. The highest BCUT2D eigenvalue weighted by Crippen LogP contribution is 2.30. The molecule has 0 radical (unpaired) electrons. The lowest BCUT2D eigenvalue weighted by Crippen LogP contribution is -2.55. The van der Waals surface area contributed by atoms with E-state index in [-0.39, 0.29) is 17.9 Å². The van der Waals surface area contributed by atoms with Crippen molar-refractivity contribution in [1.29, 1.82) is 0 Å². The van der Waals surface area contributed by atoms with E-state index in [0.717, 1.165) is 69.7 Å². The van der Waals surface area contributed by atoms with E-state index in [2.05, 4.69) is 9.80 Å². The number of hydrogen-bond donors (Lipinski definition) is 0. The molecule has 0 N–H and O–H groups in total. The molecule has 2 aliphatic heterocycles. The van der Waals surface area contributed by atoms with E-state index in [4.69, 9.17) is 4.74 Å². The van der Waals surface area contributed by atoms with Crippen LogP contribution in [0.25, 0.3) is 0 Å². The fourth-order valence-electron chi connectivity index (χ4n) is 5.21. The lowest BCUT2D eigenvalue weighted by molar-refractivity contribution is -0.144. The van der Waals surface area contributed by atoms with E-state index in [1.54, 1.807) is 0 Å². The van der Waals surface area contributed by atoms with Crippen molar-refractivity contribution < 1.29 is 14.3 Å². The van der Waals surface area contributed by atoms with Crippen molar-refractivity contribution in [3.8, 4) is 5.75 Å². The summed E-state index contributed by atoms with van der Waals surface area (Å²) in [5.74, 6) is 1.55. The van der Waals surface area contributed by atoms with Crippen LogP contribution in [0, 0.1) is 5.92 Å². The van der Waals surface area contributed by atoms with E-state index < -0.39 is 0 Å². The molecule has 0 aromatic heterocycles. The summed E-state index contributed by atoms with van der Waals surface area (Å²) in [7, 11) is 0. The largest absolute Gasteiger partial charge is 0.494 e. The maximum atomic E-state index is 13.3. The zero-order valence-electron chi connectivity index (χ0n) is 19.6. The molecular formula is C26H39N3O3. The van der Waals surface area contributed by atoms with Crippen molar-refractivity contribution in [3.63, 3.8) is 0 Å². The number of piperidine rings is 1. The summed E-state index contributed by atoms with van der Waals surface area (Å²) in [4.78, 5) is 33.0. The molecule has 6 nitrogen and oxygen atoms in total. The molecule has 1 saturated carbocycles. The summed E-state index contributed by atoms with van der Waals surface area (Å²) in [5, 5.41) is 0. The molecule has 1 atom stereocenters. The van der Waals surface area contributed by atoms with Crippen molar-refractivity contribution in [1.82, 2.24) is 14.7 Å². The molecule has 176 valence electrons. The Hall–Kier alpha value is -2.08. The number of hydrogen-bond acceptors (Lipinski definition) is 4. The van der Waals surface area contributed by atoms with Gasteiger partial charge in [0.25, 0.3) is 0 Å². The Balaban J connectivity index is 1.36. The summed E-state index contributed by atoms with van der Waals surface area (Å²) < 4.78 is 5.50. The average Bonchev–Trinajstić information content (AvgIpc) is 3.28. The first kappa shape index (κ1) is 23.1. The first-order valence-corrected chi connectivity index (χ1v) is 12.7. The van der Waals surface area contributed by atoms with Gasteiger partial charge >= 0.3 is 0 Å². The zero-order chi connectivity index (χ0) is 22.3. The van der Waals surface area contributed by atoms with Crippen LogP contribution in [-0.2, 0) is 16.0 Å². The normalized spacial score (nSPS) is 21.9. The fraction of sp³-hybridized carbons (Fsp3) is 0.692. The van der Waals surface area contributed by atoms with E-state index in [1.165, 1.54) is 19.3 Å². The van der Waals surface area contributed by atoms with Crippen molar-refractivity contribution in [3.05, 3.63) is 29.8 Å². The molecular weight excluding hydrogens is 402 g/mol. The third-order valence-electron chi connectivity index (χ3n) is 7.37. The van der Waals surface area contributed by atoms with E-state index in [0.29, 0.717) is 25.5 Å². The summed E-state index contributed by atoms with van der Waals surface area (Å²) in [6, 6.07) is 7.98. The second kappa shape index (κ2) is 11.2. The molecule has 0 bridgehead atoms. The Morgan fingerprint density at radius 2 is 1.75 bits per heavy atom. The Morgan fingerprint density at radius 1 is 1.00 bits per heavy atom. The Labute approximate surface area is 192 Å². The summed E-state index contributed by atoms with van der Waals surface area (Å²) in [6.07, 6.45) is 8.17. The van der Waals surface area contributed by atoms with Crippen molar-refractivity contribution in [2.24, 2.45) is 5.92 Å². The molecule has 2 amide bonds. The zero-order valence-corrected chi connectivity index (χ0v) is 19.6. The topological polar surface area (TPSA) is 53.1 Å². The summed E-state index contributed by atoms with van der Waals surface area (Å²) >= 11 is 0. The molecule has 2 heterocycles. The first-order valence-electron chi connectivity index (χ1n) is 12.7. The van der Waals surface area contributed by atoms with Gasteiger partial charge in [-0.15, -0.1) is 0 Å². The maximum Gasteiger partial charge on any atom is 0.227 e. The van der Waals surface area contributed by atoms with Crippen LogP contribution >= 0.6 is 0 Å². The van der Waals surface area contributed by atoms with Gasteiger partial charge in [-0.3, -0.25) is 9.59 Å². The monoisotopic (exact) mass is 441 g/mol. The van der Waals surface area contributed by atoms with Gasteiger partial charge in [0.05, 0.1) is 13.0 Å². The van der Waals surface area contributed by atoms with Gasteiger partial charge in [-0.05, 0) is 76.2 Å². The second-order valence-electron chi connectivity index (χ2n) is 9.60. The van der Waals surface area contributed by atoms with Crippen LogP contribution in [0.2, 0.25) is 0 Å². The molecule has 0 spiro atoms. The van der Waals surface area contributed by atoms with Crippen molar-refractivity contribution in [2.75, 3.05) is 45.9 Å². The van der Waals surface area contributed by atoms with Gasteiger partial charge in [0, 0.05) is 38.1 Å². The number of ether oxygens (including phenoxy) is 1. The fourth-order valence-corrected chi connectivity index (χ4v) is 5.21. The van der Waals surface area contributed by atoms with E-state index in [1.807, 2.05) is 36.1 Å². The van der Waals surface area contributed by atoms with Crippen molar-refractivity contribution >= 4 is 11.8 Å². The quantitative estimate of drug-likeness (QED) is 0.590. The van der Waals surface area contributed by atoms with Gasteiger partial charge < -0.3 is 19.4 Å². The number of benzene rings is 1. The standard InChI is InChI=1S/C26H39N3O3/c1-2-32-24-12-10-21(11-13-24)19-25(30)28-16-6-9-23(20-28)29(26(31)22-7-5-8-22)18-17-27-14-3-4-15-27/h10-13,22-23H,2-9,14-20H2,1H3. The van der Waals surface area contributed by atoms with Gasteiger partial charge in [-0.1, -0.05) is 18.6 Å². The van der Waals surface area contributed by atoms with E-state index in [9.17, 15) is 9.59 Å². The van der Waals surface area contributed by atoms with Gasteiger partial charge in [0.1, 0.15) is 5.75 Å². The molecule has 1 unspecified atom stereocenters. The highest BCUT2D eigenvalue weighted by molar-refractivity contribution is 5.81. The summed E-state index contributed by atoms with van der Waals surface area (Å²) in [6.45, 7) is 8.16. The number of nitrogens with zero attached hydrogens (tertiary/aromatic N) is 3. The Bertz CT molecular complexity index is 756. The molecule has 32 heavy (non-hydrogen) atoms. The molecule has 3 aliphatic rings. The highest BCUT2D eigenvalue weighted by atomic mass is 16.5. The van der Waals surface area contributed by atoms with Gasteiger partial charge in [0.15, 0.2) is 0 Å². The van der Waals surface area contributed by atoms with Crippen LogP contribution in [0.3, 0.4) is 0 Å². The minimum absolute atomic E-state index is 0.156. The molecule has 1 aliphatic carbocycles. The molecule has 6 heteroatoms. The van der Waals surface area contributed by atoms with E-state index >= 15 is 0 Å². The minimum atomic E-state index is 0.156. The van der Waals surface area contributed by atoms with Gasteiger partial charge in [0.2, 0.25) is 11.8 Å². The lowest BCUT2D eigenvalue weighted by Gasteiger charge is -2.42. The number of carbonyl (C=O) groups is 2. The second-order valence-corrected chi connectivity index (χ2v) is 9.60. The molecule has 1 aromatic carbocycles. The third-order valence-corrected chi connectivity index (χ3v) is 7.37. The van der Waals surface area contributed by atoms with Crippen molar-refractivity contribution in [2.45, 2.75) is 64.3 Å². The number of rotatable bonds is 9. The molecule has 4 rings (SSSR count). The molecule has 1 aromatic rings. The third kappa shape index (κ3) is 5.83. The Kier molecular flexibility index (Phi) is 8.06. The predicted octanol–water partition coefficient (Wildman–Crippen LogP) is 3.34. The summed E-state index contributed by atoms with van der Waals surface area (Å²) in [5.41, 5.74) is 1.01. The van der Waals surface area contributed by atoms with Crippen LogP contribution in [0.4, 0.5) is 0 Å². The predicted molar refractivity (Wildman–Crippen MR) is 126 cm³/mol. The lowest BCUT2D eigenvalue weighted by atomic mass is 9.83. The van der Waals surface area contributed by atoms with Crippen LogP contribution < -0.4 is 4.74 Å². The Morgan fingerprint density at radius 3 is 2.41 bits per heavy atom. The first-order chi connectivity index (χ1) is 15.6. The minimum Gasteiger partial charge on any atom is -0.494 e. The highest BCUT2D eigenvalue weighted by Gasteiger charge is 2.36. The SMILES string of the molecule is CCOc1ccc(CC(=O)N2CCCC(N(CCN3CCCC3)C(=O)C3CCC3)C2)cc1. The van der Waals surface area contributed by atoms with Gasteiger partial charge in [-0.2, -0.15) is 0 Å². The van der Waals surface area contributed by atoms with Crippen LogP contribution in [0.5, 0.6) is 5.75 Å². The number of carbonyl (C=O) groups excluding carboxylic acids is 2. The number of likely N-dealkylation sites (tertiary alicyclic amines) is 2. The molecule has 3 fully saturated rings. The number of amides is 2. The van der Waals surface area contributed by atoms with Crippen LogP contribution in [0.15, 0.2) is 24.3 Å². The van der Waals surface area contributed by atoms with Gasteiger partial charge in [-0.25, -0.2) is 0 Å². The van der Waals surface area contributed by atoms with Crippen LogP contribution in [-0.4, -0.2) is 78.4 Å².